The average molecular weight is 263 g/mol. The summed E-state index contributed by atoms with van der Waals surface area (Å²) in [5.74, 6) is 1.25. The number of fused-ring (bicyclic) bond motifs is 1. The highest BCUT2D eigenvalue weighted by atomic mass is 16.5. The maximum Gasteiger partial charge on any atom is 0.160 e. The second-order valence-electron chi connectivity index (χ2n) is 5.73. The molecular weight excluding hydrogens is 238 g/mol. The Kier molecular flexibility index (Phi) is 4.21. The van der Waals surface area contributed by atoms with Gasteiger partial charge in [-0.1, -0.05) is 20.8 Å². The van der Waals surface area contributed by atoms with Crippen LogP contribution in [0.25, 0.3) is 0 Å². The van der Waals surface area contributed by atoms with Crippen molar-refractivity contribution in [2.45, 2.75) is 58.6 Å². The van der Waals surface area contributed by atoms with Gasteiger partial charge >= 0.3 is 0 Å². The van der Waals surface area contributed by atoms with Crippen LogP contribution in [0.3, 0.4) is 0 Å². The summed E-state index contributed by atoms with van der Waals surface area (Å²) in [7, 11) is 1.74. The first-order valence-electron chi connectivity index (χ1n) is 7.18. The number of hydrogen-bond acceptors (Lipinski definition) is 4. The lowest BCUT2D eigenvalue weighted by atomic mass is 9.95. The van der Waals surface area contributed by atoms with E-state index in [0.29, 0.717) is 5.92 Å². The van der Waals surface area contributed by atoms with E-state index in [2.05, 4.69) is 33.0 Å². The van der Waals surface area contributed by atoms with Crippen LogP contribution in [0, 0.1) is 0 Å². The predicted octanol–water partition coefficient (Wildman–Crippen LogP) is 2.52. The number of nitrogens with one attached hydrogen (secondary N) is 1. The van der Waals surface area contributed by atoms with Crippen molar-refractivity contribution in [3.63, 3.8) is 0 Å². The Balaban J connectivity index is 2.55. The van der Waals surface area contributed by atoms with E-state index in [-0.39, 0.29) is 0 Å². The fourth-order valence-corrected chi connectivity index (χ4v) is 2.50. The summed E-state index contributed by atoms with van der Waals surface area (Å²) < 4.78 is 5.65. The SMILES string of the molecule is CCC(C)(OC)c1nc2c(c(C(C)C)n1)CCNC2. The van der Waals surface area contributed by atoms with Crippen molar-refractivity contribution in [2.75, 3.05) is 13.7 Å². The van der Waals surface area contributed by atoms with Gasteiger partial charge in [0.1, 0.15) is 5.60 Å². The normalized spacial score (nSPS) is 18.2. The lowest BCUT2D eigenvalue weighted by molar-refractivity contribution is -0.00946. The Labute approximate surface area is 116 Å². The summed E-state index contributed by atoms with van der Waals surface area (Å²) >= 11 is 0. The molecular formula is C15H25N3O. The van der Waals surface area contributed by atoms with Crippen LogP contribution in [0.15, 0.2) is 0 Å². The van der Waals surface area contributed by atoms with Gasteiger partial charge in [-0.25, -0.2) is 9.97 Å². The molecule has 4 heteroatoms. The monoisotopic (exact) mass is 263 g/mol. The van der Waals surface area contributed by atoms with Gasteiger partial charge in [-0.05, 0) is 37.8 Å². The Morgan fingerprint density at radius 3 is 2.68 bits per heavy atom. The molecule has 0 saturated heterocycles. The first-order chi connectivity index (χ1) is 9.01. The van der Waals surface area contributed by atoms with E-state index in [1.165, 1.54) is 11.3 Å². The van der Waals surface area contributed by atoms with Crippen molar-refractivity contribution < 1.29 is 4.74 Å². The van der Waals surface area contributed by atoms with Crippen molar-refractivity contribution in [3.8, 4) is 0 Å². The predicted molar refractivity (Wildman–Crippen MR) is 76.2 cm³/mol. The minimum Gasteiger partial charge on any atom is -0.371 e. The highest BCUT2D eigenvalue weighted by molar-refractivity contribution is 5.31. The molecule has 2 rings (SSSR count). The van der Waals surface area contributed by atoms with Crippen molar-refractivity contribution in [2.24, 2.45) is 0 Å². The second kappa shape index (κ2) is 5.55. The van der Waals surface area contributed by atoms with Gasteiger partial charge in [-0.15, -0.1) is 0 Å². The fourth-order valence-electron chi connectivity index (χ4n) is 2.50. The zero-order valence-electron chi connectivity index (χ0n) is 12.7. The van der Waals surface area contributed by atoms with E-state index in [1.54, 1.807) is 7.11 Å². The fraction of sp³-hybridized carbons (Fsp3) is 0.733. The molecule has 1 N–H and O–H groups in total. The van der Waals surface area contributed by atoms with Crippen molar-refractivity contribution in [1.29, 1.82) is 0 Å². The second-order valence-corrected chi connectivity index (χ2v) is 5.73. The molecule has 0 spiro atoms. The maximum atomic E-state index is 5.65. The molecule has 1 aromatic heterocycles. The van der Waals surface area contributed by atoms with E-state index >= 15 is 0 Å². The molecule has 0 bridgehead atoms. The van der Waals surface area contributed by atoms with E-state index < -0.39 is 5.60 Å². The minimum atomic E-state index is -0.393. The molecule has 0 aromatic carbocycles. The number of ether oxygens (including phenoxy) is 1. The van der Waals surface area contributed by atoms with Crippen LogP contribution in [0.1, 0.15) is 62.8 Å². The molecule has 1 aliphatic rings. The molecule has 1 aliphatic heterocycles. The van der Waals surface area contributed by atoms with Gasteiger partial charge in [0.2, 0.25) is 0 Å². The molecule has 1 atom stereocenters. The number of nitrogens with zero attached hydrogens (tertiary/aromatic N) is 2. The molecule has 4 nitrogen and oxygen atoms in total. The van der Waals surface area contributed by atoms with Gasteiger partial charge in [-0.2, -0.15) is 0 Å². The van der Waals surface area contributed by atoms with E-state index in [1.807, 2.05) is 0 Å². The summed E-state index contributed by atoms with van der Waals surface area (Å²) in [4.78, 5) is 9.61. The molecule has 0 saturated carbocycles. The maximum absolute atomic E-state index is 5.65. The third-order valence-electron chi connectivity index (χ3n) is 4.11. The Bertz CT molecular complexity index is 453. The van der Waals surface area contributed by atoms with Crippen LogP contribution >= 0.6 is 0 Å². The standard InChI is InChI=1S/C15H25N3O/c1-6-15(4,19-5)14-17-12-9-16-8-7-11(12)13(18-14)10(2)3/h10,16H,6-9H2,1-5H3. The van der Waals surface area contributed by atoms with Crippen LogP contribution < -0.4 is 5.32 Å². The van der Waals surface area contributed by atoms with Crippen LogP contribution in [-0.4, -0.2) is 23.6 Å². The zero-order chi connectivity index (χ0) is 14.0. The first-order valence-corrected chi connectivity index (χ1v) is 7.18. The average Bonchev–Trinajstić information content (AvgIpc) is 2.45. The van der Waals surface area contributed by atoms with Gasteiger partial charge in [-0.3, -0.25) is 0 Å². The number of aromatic nitrogens is 2. The molecule has 0 aliphatic carbocycles. The summed E-state index contributed by atoms with van der Waals surface area (Å²) in [6, 6.07) is 0. The summed E-state index contributed by atoms with van der Waals surface area (Å²) in [6.07, 6.45) is 1.90. The van der Waals surface area contributed by atoms with Gasteiger partial charge in [0, 0.05) is 13.7 Å². The molecule has 0 radical (unpaired) electrons. The van der Waals surface area contributed by atoms with Gasteiger partial charge in [0.25, 0.3) is 0 Å². The quantitative estimate of drug-likeness (QED) is 0.906. The van der Waals surface area contributed by atoms with E-state index in [9.17, 15) is 0 Å². The van der Waals surface area contributed by atoms with Crippen LogP contribution in [-0.2, 0) is 23.3 Å². The van der Waals surface area contributed by atoms with Crippen molar-refractivity contribution in [3.05, 3.63) is 22.8 Å². The highest BCUT2D eigenvalue weighted by Gasteiger charge is 2.30. The third-order valence-corrected chi connectivity index (χ3v) is 4.11. The molecule has 0 fully saturated rings. The molecule has 1 aromatic rings. The molecule has 0 amide bonds. The molecule has 106 valence electrons. The lowest BCUT2D eigenvalue weighted by Crippen LogP contribution is -2.32. The van der Waals surface area contributed by atoms with Crippen LogP contribution in [0.2, 0.25) is 0 Å². The number of rotatable bonds is 4. The minimum absolute atomic E-state index is 0.393. The Hall–Kier alpha value is -1.00. The van der Waals surface area contributed by atoms with E-state index in [4.69, 9.17) is 14.7 Å². The highest BCUT2D eigenvalue weighted by Crippen LogP contribution is 2.29. The van der Waals surface area contributed by atoms with Gasteiger partial charge in [0.05, 0.1) is 11.4 Å². The Morgan fingerprint density at radius 1 is 1.37 bits per heavy atom. The van der Waals surface area contributed by atoms with Crippen molar-refractivity contribution in [1.82, 2.24) is 15.3 Å². The van der Waals surface area contributed by atoms with Crippen molar-refractivity contribution >= 4 is 0 Å². The third kappa shape index (κ3) is 2.65. The van der Waals surface area contributed by atoms with Gasteiger partial charge < -0.3 is 10.1 Å². The zero-order valence-corrected chi connectivity index (χ0v) is 12.7. The summed E-state index contributed by atoms with van der Waals surface area (Å²) in [6.45, 7) is 10.4. The first kappa shape index (κ1) is 14.4. The summed E-state index contributed by atoms with van der Waals surface area (Å²) in [5.41, 5.74) is 3.29. The largest absolute Gasteiger partial charge is 0.371 e. The lowest BCUT2D eigenvalue weighted by Gasteiger charge is -2.29. The molecule has 1 unspecified atom stereocenters. The summed E-state index contributed by atoms with van der Waals surface area (Å²) in [5, 5.41) is 3.39. The van der Waals surface area contributed by atoms with Gasteiger partial charge in [0.15, 0.2) is 5.82 Å². The molecule has 19 heavy (non-hydrogen) atoms. The topological polar surface area (TPSA) is 47.0 Å². The smallest absolute Gasteiger partial charge is 0.160 e. The van der Waals surface area contributed by atoms with E-state index in [0.717, 1.165) is 37.4 Å². The van der Waals surface area contributed by atoms with Crippen LogP contribution in [0.5, 0.6) is 0 Å². The number of hydrogen-bond donors (Lipinski definition) is 1. The van der Waals surface area contributed by atoms with Crippen LogP contribution in [0.4, 0.5) is 0 Å². The Morgan fingerprint density at radius 2 is 2.11 bits per heavy atom. The number of methoxy groups -OCH3 is 1. The molecule has 2 heterocycles.